The highest BCUT2D eigenvalue weighted by Gasteiger charge is 2.38. The summed E-state index contributed by atoms with van der Waals surface area (Å²) in [4.78, 5) is 27.8. The van der Waals surface area contributed by atoms with Crippen LogP contribution in [0.3, 0.4) is 0 Å². The van der Waals surface area contributed by atoms with Crippen LogP contribution < -0.4 is 4.74 Å². The number of nitrogens with zero attached hydrogens (tertiary/aromatic N) is 1. The van der Waals surface area contributed by atoms with Crippen molar-refractivity contribution in [3.63, 3.8) is 0 Å². The van der Waals surface area contributed by atoms with Gasteiger partial charge >= 0.3 is 0 Å². The molecule has 0 radical (unpaired) electrons. The lowest BCUT2D eigenvalue weighted by atomic mass is 10.1. The van der Waals surface area contributed by atoms with E-state index in [9.17, 15) is 9.59 Å². The van der Waals surface area contributed by atoms with Gasteiger partial charge in [-0.15, -0.1) is 11.8 Å². The minimum absolute atomic E-state index is 0.225. The molecule has 0 aromatic heterocycles. The first-order valence-electron chi connectivity index (χ1n) is 8.76. The van der Waals surface area contributed by atoms with Crippen LogP contribution in [-0.2, 0) is 16.1 Å². The second kappa shape index (κ2) is 8.63. The molecule has 0 aliphatic carbocycles. The Morgan fingerprint density at radius 3 is 2.22 bits per heavy atom. The Labute approximate surface area is 168 Å². The minimum atomic E-state index is -0.268. The number of hydrogen-bond donors (Lipinski definition) is 0. The van der Waals surface area contributed by atoms with E-state index in [1.807, 2.05) is 50.2 Å². The summed E-state index contributed by atoms with van der Waals surface area (Å²) >= 11 is 7.32. The van der Waals surface area contributed by atoms with E-state index in [1.165, 1.54) is 16.7 Å². The zero-order valence-corrected chi connectivity index (χ0v) is 16.8. The Morgan fingerprint density at radius 2 is 1.63 bits per heavy atom. The molecule has 0 saturated heterocycles. The van der Waals surface area contributed by atoms with E-state index >= 15 is 0 Å². The molecule has 2 amide bonds. The average molecular weight is 402 g/mol. The first-order chi connectivity index (χ1) is 13.0. The van der Waals surface area contributed by atoms with E-state index in [0.29, 0.717) is 27.9 Å². The van der Waals surface area contributed by atoms with Crippen LogP contribution in [0.15, 0.2) is 53.4 Å². The molecule has 2 aromatic rings. The summed E-state index contributed by atoms with van der Waals surface area (Å²) in [5, 5.41) is 0.619. The minimum Gasteiger partial charge on any atom is -0.494 e. The van der Waals surface area contributed by atoms with Gasteiger partial charge < -0.3 is 4.74 Å². The van der Waals surface area contributed by atoms with E-state index in [2.05, 4.69) is 0 Å². The van der Waals surface area contributed by atoms with Gasteiger partial charge in [0.1, 0.15) is 5.75 Å². The number of halogens is 1. The molecule has 0 atom stereocenters. The summed E-state index contributed by atoms with van der Waals surface area (Å²) in [6.45, 7) is 4.68. The van der Waals surface area contributed by atoms with Crippen molar-refractivity contribution in [2.24, 2.45) is 0 Å². The number of benzene rings is 2. The Kier molecular flexibility index (Phi) is 6.24. The standard InChI is InChI=1S/C21H20ClNO3S/c1-3-26-17-11-7-15(8-12-17)18-19(27-4-2)21(25)23(20(18)24)13-14-5-9-16(22)10-6-14/h5-12H,3-4,13H2,1-2H3. The van der Waals surface area contributed by atoms with E-state index in [-0.39, 0.29) is 18.4 Å². The van der Waals surface area contributed by atoms with Crippen LogP contribution in [0.4, 0.5) is 0 Å². The maximum Gasteiger partial charge on any atom is 0.268 e. The van der Waals surface area contributed by atoms with Crippen LogP contribution in [0, 0.1) is 0 Å². The fourth-order valence-electron chi connectivity index (χ4n) is 2.89. The van der Waals surface area contributed by atoms with Crippen LogP contribution in [0.1, 0.15) is 25.0 Å². The van der Waals surface area contributed by atoms with Crippen molar-refractivity contribution >= 4 is 40.8 Å². The number of rotatable bonds is 7. The van der Waals surface area contributed by atoms with Crippen molar-refractivity contribution in [3.05, 3.63) is 69.6 Å². The second-order valence-corrected chi connectivity index (χ2v) is 7.63. The van der Waals surface area contributed by atoms with E-state index in [0.717, 1.165) is 16.9 Å². The molecule has 6 heteroatoms. The second-order valence-electron chi connectivity index (χ2n) is 5.92. The highest BCUT2D eigenvalue weighted by Crippen LogP contribution is 2.37. The van der Waals surface area contributed by atoms with Crippen LogP contribution in [-0.4, -0.2) is 29.1 Å². The number of carbonyl (C=O) groups is 2. The Balaban J connectivity index is 1.91. The number of carbonyl (C=O) groups excluding carboxylic acids is 2. The van der Waals surface area contributed by atoms with Crippen molar-refractivity contribution in [1.82, 2.24) is 4.90 Å². The van der Waals surface area contributed by atoms with Gasteiger partial charge in [0, 0.05) is 5.02 Å². The number of ether oxygens (including phenoxy) is 1. The van der Waals surface area contributed by atoms with Gasteiger partial charge in [-0.1, -0.05) is 42.8 Å². The Hall–Kier alpha value is -2.24. The van der Waals surface area contributed by atoms with E-state index in [1.54, 1.807) is 12.1 Å². The summed E-state index contributed by atoms with van der Waals surface area (Å²) in [6.07, 6.45) is 0. The molecule has 1 aliphatic heterocycles. The fourth-order valence-corrected chi connectivity index (χ4v) is 3.88. The van der Waals surface area contributed by atoms with Crippen molar-refractivity contribution in [3.8, 4) is 5.75 Å². The highest BCUT2D eigenvalue weighted by molar-refractivity contribution is 8.04. The lowest BCUT2D eigenvalue weighted by Gasteiger charge is -2.15. The molecule has 0 fully saturated rings. The molecule has 0 bridgehead atoms. The monoisotopic (exact) mass is 401 g/mol. The molecule has 2 aromatic carbocycles. The SMILES string of the molecule is CCOc1ccc(C2=C(SCC)C(=O)N(Cc3ccc(Cl)cc3)C2=O)cc1. The summed E-state index contributed by atoms with van der Waals surface area (Å²) in [5.74, 6) is 0.936. The summed E-state index contributed by atoms with van der Waals surface area (Å²) in [6, 6.07) is 14.4. The zero-order chi connectivity index (χ0) is 19.4. The van der Waals surface area contributed by atoms with Gasteiger partial charge in [-0.05, 0) is 48.1 Å². The van der Waals surface area contributed by atoms with Crippen molar-refractivity contribution in [1.29, 1.82) is 0 Å². The van der Waals surface area contributed by atoms with Crippen molar-refractivity contribution < 1.29 is 14.3 Å². The molecule has 0 spiro atoms. The van der Waals surface area contributed by atoms with Crippen LogP contribution >= 0.6 is 23.4 Å². The van der Waals surface area contributed by atoms with Crippen LogP contribution in [0.25, 0.3) is 5.57 Å². The molecule has 0 N–H and O–H groups in total. The van der Waals surface area contributed by atoms with Crippen LogP contribution in [0.5, 0.6) is 5.75 Å². The van der Waals surface area contributed by atoms with Crippen molar-refractivity contribution in [2.45, 2.75) is 20.4 Å². The molecule has 1 heterocycles. The lowest BCUT2D eigenvalue weighted by Crippen LogP contribution is -2.30. The number of amides is 2. The third kappa shape index (κ3) is 4.20. The molecular formula is C21H20ClNO3S. The fraction of sp³-hybridized carbons (Fsp3) is 0.238. The van der Waals surface area contributed by atoms with Gasteiger partial charge in [0.15, 0.2) is 0 Å². The molecule has 0 saturated carbocycles. The van der Waals surface area contributed by atoms with Gasteiger partial charge in [-0.2, -0.15) is 0 Å². The quantitative estimate of drug-likeness (QED) is 0.627. The van der Waals surface area contributed by atoms with E-state index in [4.69, 9.17) is 16.3 Å². The summed E-state index contributed by atoms with van der Waals surface area (Å²) < 4.78 is 5.46. The van der Waals surface area contributed by atoms with Crippen LogP contribution in [0.2, 0.25) is 5.02 Å². The third-order valence-corrected chi connectivity index (χ3v) is 5.33. The predicted molar refractivity (Wildman–Crippen MR) is 110 cm³/mol. The molecular weight excluding hydrogens is 382 g/mol. The Morgan fingerprint density at radius 1 is 0.963 bits per heavy atom. The molecule has 140 valence electrons. The van der Waals surface area contributed by atoms with Gasteiger partial charge in [0.05, 0.1) is 23.6 Å². The summed E-state index contributed by atoms with van der Waals surface area (Å²) in [7, 11) is 0. The summed E-state index contributed by atoms with van der Waals surface area (Å²) in [5.41, 5.74) is 2.05. The zero-order valence-electron chi connectivity index (χ0n) is 15.2. The third-order valence-electron chi connectivity index (χ3n) is 4.12. The van der Waals surface area contributed by atoms with Gasteiger partial charge in [-0.3, -0.25) is 14.5 Å². The largest absolute Gasteiger partial charge is 0.494 e. The van der Waals surface area contributed by atoms with Crippen molar-refractivity contribution in [2.75, 3.05) is 12.4 Å². The maximum atomic E-state index is 13.1. The smallest absolute Gasteiger partial charge is 0.268 e. The average Bonchev–Trinajstić information content (AvgIpc) is 2.89. The molecule has 27 heavy (non-hydrogen) atoms. The Bertz CT molecular complexity index is 875. The lowest BCUT2D eigenvalue weighted by molar-refractivity contribution is -0.137. The van der Waals surface area contributed by atoms with E-state index < -0.39 is 0 Å². The maximum absolute atomic E-state index is 13.1. The molecule has 0 unspecified atom stereocenters. The topological polar surface area (TPSA) is 46.6 Å². The number of thioether (sulfide) groups is 1. The van der Waals surface area contributed by atoms with Gasteiger partial charge in [0.25, 0.3) is 11.8 Å². The van der Waals surface area contributed by atoms with Gasteiger partial charge in [0.2, 0.25) is 0 Å². The molecule has 4 nitrogen and oxygen atoms in total. The molecule has 1 aliphatic rings. The van der Waals surface area contributed by atoms with Gasteiger partial charge in [-0.25, -0.2) is 0 Å². The number of hydrogen-bond acceptors (Lipinski definition) is 4. The number of imide groups is 1. The highest BCUT2D eigenvalue weighted by atomic mass is 35.5. The first kappa shape index (κ1) is 19.5. The predicted octanol–water partition coefficient (Wildman–Crippen LogP) is 4.77. The normalized spacial score (nSPS) is 14.3. The first-order valence-corrected chi connectivity index (χ1v) is 10.1. The molecule has 3 rings (SSSR count).